The van der Waals surface area contributed by atoms with Crippen LogP contribution in [0.3, 0.4) is 0 Å². The van der Waals surface area contributed by atoms with Gasteiger partial charge in [0.25, 0.3) is 5.91 Å². The Morgan fingerprint density at radius 3 is 2.52 bits per heavy atom. The summed E-state index contributed by atoms with van der Waals surface area (Å²) in [4.78, 5) is 17.2. The van der Waals surface area contributed by atoms with E-state index in [1.807, 2.05) is 56.3 Å². The van der Waals surface area contributed by atoms with Crippen LogP contribution in [0.25, 0.3) is 11.1 Å². The molecule has 1 amide bonds. The van der Waals surface area contributed by atoms with Gasteiger partial charge in [-0.05, 0) is 86.8 Å². The van der Waals surface area contributed by atoms with Gasteiger partial charge in [0.2, 0.25) is 0 Å². The molecule has 0 fully saturated rings. The summed E-state index contributed by atoms with van der Waals surface area (Å²) in [6.07, 6.45) is 0.649. The molecule has 0 unspecified atom stereocenters. The van der Waals surface area contributed by atoms with Crippen molar-refractivity contribution in [3.05, 3.63) is 88.8 Å². The molecule has 0 saturated heterocycles. The molecule has 1 heterocycles. The minimum Gasteiger partial charge on any atom is -0.491 e. The highest BCUT2D eigenvalue weighted by atomic mass is 16.5. The predicted molar refractivity (Wildman–Crippen MR) is 123 cm³/mol. The van der Waals surface area contributed by atoms with Crippen molar-refractivity contribution in [2.24, 2.45) is 0 Å². The highest BCUT2D eigenvalue weighted by molar-refractivity contribution is 6.04. The van der Waals surface area contributed by atoms with Crippen LogP contribution in [-0.2, 0) is 6.42 Å². The summed E-state index contributed by atoms with van der Waals surface area (Å²) in [6.45, 7) is 8.05. The zero-order chi connectivity index (χ0) is 22.0. The zero-order valence-electron chi connectivity index (χ0n) is 18.2. The van der Waals surface area contributed by atoms with Crippen LogP contribution in [0.5, 0.6) is 5.75 Å². The molecule has 5 nitrogen and oxygen atoms in total. The molecular weight excluding hydrogens is 388 g/mol. The van der Waals surface area contributed by atoms with Gasteiger partial charge < -0.3 is 14.5 Å². The van der Waals surface area contributed by atoms with Crippen LogP contribution in [0, 0.1) is 13.8 Å². The van der Waals surface area contributed by atoms with Crippen LogP contribution in [0.1, 0.15) is 46.8 Å². The van der Waals surface area contributed by atoms with Crippen LogP contribution >= 0.6 is 0 Å². The van der Waals surface area contributed by atoms with Gasteiger partial charge in [0.1, 0.15) is 11.3 Å². The number of nitrogens with zero attached hydrogens (tertiary/aromatic N) is 1. The number of rotatable bonds is 6. The Bertz CT molecular complexity index is 1180. The first-order valence-corrected chi connectivity index (χ1v) is 10.4. The number of fused-ring (bicyclic) bond motifs is 1. The van der Waals surface area contributed by atoms with E-state index in [2.05, 4.69) is 30.2 Å². The van der Waals surface area contributed by atoms with E-state index in [0.717, 1.165) is 22.4 Å². The van der Waals surface area contributed by atoms with Crippen molar-refractivity contribution in [3.8, 4) is 5.75 Å². The number of aryl methyl sites for hydroxylation is 2. The average Bonchev–Trinajstić information content (AvgIpc) is 3.10. The molecule has 0 aliphatic carbocycles. The largest absolute Gasteiger partial charge is 0.491 e. The van der Waals surface area contributed by atoms with Gasteiger partial charge in [0.15, 0.2) is 11.5 Å². The maximum absolute atomic E-state index is 12.6. The number of anilines is 1. The van der Waals surface area contributed by atoms with Crippen LogP contribution in [0.2, 0.25) is 0 Å². The second-order valence-electron chi connectivity index (χ2n) is 8.03. The molecule has 3 aromatic carbocycles. The number of hydrogen-bond acceptors (Lipinski definition) is 4. The topological polar surface area (TPSA) is 64.4 Å². The Kier molecular flexibility index (Phi) is 5.76. The third-order valence-electron chi connectivity index (χ3n) is 5.08. The quantitative estimate of drug-likeness (QED) is 0.416. The monoisotopic (exact) mass is 414 g/mol. The molecule has 0 saturated carbocycles. The fourth-order valence-electron chi connectivity index (χ4n) is 3.37. The van der Waals surface area contributed by atoms with Crippen molar-refractivity contribution in [2.75, 3.05) is 5.32 Å². The summed E-state index contributed by atoms with van der Waals surface area (Å²) < 4.78 is 11.6. The number of hydrogen-bond donors (Lipinski definition) is 1. The summed E-state index contributed by atoms with van der Waals surface area (Å²) >= 11 is 0. The Balaban J connectivity index is 1.43. The van der Waals surface area contributed by atoms with Gasteiger partial charge in [-0.2, -0.15) is 0 Å². The van der Waals surface area contributed by atoms with Gasteiger partial charge in [-0.3, -0.25) is 4.79 Å². The molecule has 0 aliphatic rings. The lowest BCUT2D eigenvalue weighted by molar-refractivity contribution is 0.102. The van der Waals surface area contributed by atoms with Crippen LogP contribution in [0.4, 0.5) is 5.69 Å². The maximum atomic E-state index is 12.6. The van der Waals surface area contributed by atoms with E-state index >= 15 is 0 Å². The number of carbonyl (C=O) groups is 1. The van der Waals surface area contributed by atoms with Gasteiger partial charge in [-0.15, -0.1) is 0 Å². The highest BCUT2D eigenvalue weighted by Crippen LogP contribution is 2.22. The molecule has 0 spiro atoms. The molecule has 158 valence electrons. The van der Waals surface area contributed by atoms with Crippen molar-refractivity contribution >= 4 is 22.7 Å². The molecule has 4 aromatic rings. The number of benzene rings is 3. The number of amides is 1. The molecular formula is C26H26N2O3. The normalized spacial score (nSPS) is 11.1. The molecule has 4 rings (SSSR count). The maximum Gasteiger partial charge on any atom is 0.255 e. The Morgan fingerprint density at radius 1 is 1.03 bits per heavy atom. The molecule has 1 aromatic heterocycles. The van der Waals surface area contributed by atoms with E-state index in [1.54, 1.807) is 12.1 Å². The van der Waals surface area contributed by atoms with E-state index in [9.17, 15) is 4.79 Å². The van der Waals surface area contributed by atoms with Crippen LogP contribution < -0.4 is 10.1 Å². The number of carbonyl (C=O) groups excluding carboxylic acids is 1. The summed E-state index contributed by atoms with van der Waals surface area (Å²) in [6, 6.07) is 19.0. The van der Waals surface area contributed by atoms with Crippen LogP contribution in [0.15, 0.2) is 65.1 Å². The van der Waals surface area contributed by atoms with Gasteiger partial charge in [0.05, 0.1) is 6.10 Å². The SMILES string of the molecule is Cc1cc2nc(Cc3ccc(NC(=O)c4cccc(OC(C)C)c4)cc3)oc2cc1C. The molecule has 0 radical (unpaired) electrons. The Labute approximate surface area is 182 Å². The number of aromatic nitrogens is 1. The zero-order valence-corrected chi connectivity index (χ0v) is 18.2. The lowest BCUT2D eigenvalue weighted by atomic mass is 10.1. The third-order valence-corrected chi connectivity index (χ3v) is 5.08. The smallest absolute Gasteiger partial charge is 0.255 e. The molecule has 0 bridgehead atoms. The lowest BCUT2D eigenvalue weighted by Crippen LogP contribution is -2.12. The van der Waals surface area contributed by atoms with E-state index in [1.165, 1.54) is 11.1 Å². The molecule has 5 heteroatoms. The van der Waals surface area contributed by atoms with Crippen molar-refractivity contribution in [1.82, 2.24) is 4.98 Å². The summed E-state index contributed by atoms with van der Waals surface area (Å²) in [5, 5.41) is 2.93. The summed E-state index contributed by atoms with van der Waals surface area (Å²) in [7, 11) is 0. The van der Waals surface area contributed by atoms with E-state index in [-0.39, 0.29) is 12.0 Å². The van der Waals surface area contributed by atoms with Crippen molar-refractivity contribution in [3.63, 3.8) is 0 Å². The first-order valence-electron chi connectivity index (χ1n) is 10.4. The van der Waals surface area contributed by atoms with E-state index < -0.39 is 0 Å². The second kappa shape index (κ2) is 8.64. The fraction of sp³-hybridized carbons (Fsp3) is 0.231. The Morgan fingerprint density at radius 2 is 1.77 bits per heavy atom. The van der Waals surface area contributed by atoms with E-state index in [0.29, 0.717) is 23.6 Å². The van der Waals surface area contributed by atoms with Crippen molar-refractivity contribution in [2.45, 2.75) is 40.2 Å². The van der Waals surface area contributed by atoms with Gasteiger partial charge >= 0.3 is 0 Å². The number of oxazole rings is 1. The first-order chi connectivity index (χ1) is 14.9. The highest BCUT2D eigenvalue weighted by Gasteiger charge is 2.10. The molecule has 0 atom stereocenters. The van der Waals surface area contributed by atoms with Gasteiger partial charge in [-0.25, -0.2) is 4.98 Å². The van der Waals surface area contributed by atoms with Crippen molar-refractivity contribution in [1.29, 1.82) is 0 Å². The minimum absolute atomic E-state index is 0.0557. The predicted octanol–water partition coefficient (Wildman–Crippen LogP) is 6.07. The average molecular weight is 415 g/mol. The molecule has 1 N–H and O–H groups in total. The third kappa shape index (κ3) is 4.94. The van der Waals surface area contributed by atoms with Crippen LogP contribution in [-0.4, -0.2) is 17.0 Å². The van der Waals surface area contributed by atoms with E-state index in [4.69, 9.17) is 9.15 Å². The summed E-state index contributed by atoms with van der Waals surface area (Å²) in [5.74, 6) is 1.19. The first kappa shape index (κ1) is 20.7. The summed E-state index contributed by atoms with van der Waals surface area (Å²) in [5.41, 5.74) is 6.43. The fourth-order valence-corrected chi connectivity index (χ4v) is 3.37. The number of nitrogens with one attached hydrogen (secondary N) is 1. The van der Waals surface area contributed by atoms with Gasteiger partial charge in [0, 0.05) is 17.7 Å². The molecule has 31 heavy (non-hydrogen) atoms. The Hall–Kier alpha value is -3.60. The lowest BCUT2D eigenvalue weighted by Gasteiger charge is -2.11. The standard InChI is InChI=1S/C26H26N2O3/c1-16(2)30-22-7-5-6-20(15-22)26(29)27-21-10-8-19(9-11-21)14-25-28-23-12-17(3)18(4)13-24(23)31-25/h5-13,15-16H,14H2,1-4H3,(H,27,29). The van der Waals surface area contributed by atoms with Crippen molar-refractivity contribution < 1.29 is 13.9 Å². The number of ether oxygens (including phenoxy) is 1. The minimum atomic E-state index is -0.174. The molecule has 0 aliphatic heterocycles. The van der Waals surface area contributed by atoms with Gasteiger partial charge in [-0.1, -0.05) is 18.2 Å². The second-order valence-corrected chi connectivity index (χ2v) is 8.03.